The summed E-state index contributed by atoms with van der Waals surface area (Å²) in [7, 11) is 0. The van der Waals surface area contributed by atoms with Gasteiger partial charge in [-0.2, -0.15) is 0 Å². The average Bonchev–Trinajstić information content (AvgIpc) is 2.53. The third-order valence-corrected chi connectivity index (χ3v) is 4.24. The fourth-order valence-electron chi connectivity index (χ4n) is 2.71. The highest BCUT2D eigenvalue weighted by Crippen LogP contribution is 2.29. The lowest BCUT2D eigenvalue weighted by molar-refractivity contribution is -0.315. The summed E-state index contributed by atoms with van der Waals surface area (Å²) in [6.45, 7) is 6.35. The zero-order valence-corrected chi connectivity index (χ0v) is 15.1. The summed E-state index contributed by atoms with van der Waals surface area (Å²) in [6.07, 6.45) is -12.1. The van der Waals surface area contributed by atoms with E-state index in [1.807, 2.05) is 20.8 Å². The molecule has 9 atom stereocenters. The maximum atomic E-state index is 10.3. The quantitative estimate of drug-likeness (QED) is 0.262. The van der Waals surface area contributed by atoms with Crippen molar-refractivity contribution >= 4 is 0 Å². The Morgan fingerprint density at radius 3 is 2.00 bits per heavy atom. The van der Waals surface area contributed by atoms with Crippen molar-refractivity contribution in [2.75, 3.05) is 6.61 Å². The fourth-order valence-corrected chi connectivity index (χ4v) is 2.71. The zero-order chi connectivity index (χ0) is 19.5. The van der Waals surface area contributed by atoms with Crippen molar-refractivity contribution < 1.29 is 45.2 Å². The zero-order valence-electron chi connectivity index (χ0n) is 15.1. The lowest BCUT2D eigenvalue weighted by Gasteiger charge is -2.42. The molecule has 0 aromatic rings. The van der Waals surface area contributed by atoms with Gasteiger partial charge in [-0.3, -0.25) is 0 Å². The summed E-state index contributed by atoms with van der Waals surface area (Å²) < 4.78 is 11.0. The van der Waals surface area contributed by atoms with Crippen molar-refractivity contribution in [2.45, 2.75) is 89.2 Å². The van der Waals surface area contributed by atoms with Crippen LogP contribution in [-0.4, -0.2) is 97.5 Å². The Bertz CT molecular complexity index is 400. The molecule has 1 aliphatic heterocycles. The minimum atomic E-state index is -1.67. The van der Waals surface area contributed by atoms with Crippen LogP contribution in [0.25, 0.3) is 0 Å². The molecule has 0 aliphatic carbocycles. The Hall–Kier alpha value is -0.360. The number of hydrogen-bond acceptors (Lipinski definition) is 9. The van der Waals surface area contributed by atoms with Gasteiger partial charge in [0.2, 0.25) is 0 Å². The normalized spacial score (nSPS) is 35.9. The second-order valence-electron chi connectivity index (χ2n) is 7.85. The van der Waals surface area contributed by atoms with Crippen LogP contribution < -0.4 is 0 Å². The Labute approximate surface area is 147 Å². The lowest BCUT2D eigenvalue weighted by Crippen LogP contribution is -2.59. The minimum absolute atomic E-state index is 0.225. The number of aliphatic hydroxyl groups is 7. The topological polar surface area (TPSA) is 160 Å². The van der Waals surface area contributed by atoms with Crippen molar-refractivity contribution in [1.29, 1.82) is 0 Å². The molecule has 0 bridgehead atoms. The van der Waals surface area contributed by atoms with Crippen LogP contribution in [-0.2, 0) is 9.47 Å². The highest BCUT2D eigenvalue weighted by molar-refractivity contribution is 4.90. The molecular formula is C16H32O9. The van der Waals surface area contributed by atoms with E-state index in [9.17, 15) is 30.6 Å². The molecule has 9 nitrogen and oxygen atoms in total. The standard InChI is InChI=1S/C16H32O9/c1-7-10(19)13(22)14(23)15(24-7)25-9(5-16(2,3)4)12(21)11(20)8(18)6-17/h7-15,17-23H,5-6H2,1-4H3/t7-,8+,9-,10-,11+,12+,13+,14+,15-/m0/s1. The van der Waals surface area contributed by atoms with Gasteiger partial charge in [0.15, 0.2) is 6.29 Å². The number of hydrogen-bond donors (Lipinski definition) is 7. The molecule has 7 N–H and O–H groups in total. The van der Waals surface area contributed by atoms with Crippen LogP contribution in [0.3, 0.4) is 0 Å². The first-order chi connectivity index (χ1) is 11.4. The largest absolute Gasteiger partial charge is 0.394 e. The van der Waals surface area contributed by atoms with Crippen LogP contribution >= 0.6 is 0 Å². The van der Waals surface area contributed by atoms with Gasteiger partial charge >= 0.3 is 0 Å². The molecule has 1 rings (SSSR count). The molecular weight excluding hydrogens is 336 g/mol. The van der Waals surface area contributed by atoms with E-state index in [1.54, 1.807) is 0 Å². The molecule has 9 heteroatoms. The molecule has 0 saturated carbocycles. The molecule has 0 spiro atoms. The number of ether oxygens (including phenoxy) is 2. The molecule has 1 heterocycles. The predicted molar refractivity (Wildman–Crippen MR) is 86.4 cm³/mol. The van der Waals surface area contributed by atoms with Gasteiger partial charge in [-0.25, -0.2) is 0 Å². The van der Waals surface area contributed by atoms with Gasteiger partial charge in [0.1, 0.15) is 36.6 Å². The molecule has 0 amide bonds. The second kappa shape index (κ2) is 9.03. The first kappa shape index (κ1) is 22.7. The van der Waals surface area contributed by atoms with Gasteiger partial charge in [-0.15, -0.1) is 0 Å². The fraction of sp³-hybridized carbons (Fsp3) is 1.00. The summed E-state index contributed by atoms with van der Waals surface area (Å²) >= 11 is 0. The van der Waals surface area contributed by atoms with Crippen molar-refractivity contribution in [2.24, 2.45) is 5.41 Å². The first-order valence-corrected chi connectivity index (χ1v) is 8.39. The van der Waals surface area contributed by atoms with E-state index >= 15 is 0 Å². The molecule has 1 aliphatic rings. The van der Waals surface area contributed by atoms with Gasteiger partial charge in [0.25, 0.3) is 0 Å². The lowest BCUT2D eigenvalue weighted by atomic mass is 9.85. The van der Waals surface area contributed by atoms with Gasteiger partial charge in [0.05, 0.1) is 18.8 Å². The summed E-state index contributed by atoms with van der Waals surface area (Å²) in [4.78, 5) is 0. The first-order valence-electron chi connectivity index (χ1n) is 8.39. The predicted octanol–water partition coefficient (Wildman–Crippen LogP) is -2.29. The van der Waals surface area contributed by atoms with Crippen molar-refractivity contribution in [3.05, 3.63) is 0 Å². The Morgan fingerprint density at radius 2 is 1.52 bits per heavy atom. The van der Waals surface area contributed by atoms with Crippen LogP contribution in [0.2, 0.25) is 0 Å². The highest BCUT2D eigenvalue weighted by Gasteiger charge is 2.45. The third kappa shape index (κ3) is 6.09. The Morgan fingerprint density at radius 1 is 0.960 bits per heavy atom. The molecule has 150 valence electrons. The molecule has 0 aromatic heterocycles. The van der Waals surface area contributed by atoms with Crippen LogP contribution in [0.15, 0.2) is 0 Å². The van der Waals surface area contributed by atoms with Crippen LogP contribution in [0.5, 0.6) is 0 Å². The molecule has 1 saturated heterocycles. The molecule has 25 heavy (non-hydrogen) atoms. The summed E-state index contributed by atoms with van der Waals surface area (Å²) in [6, 6.07) is 0. The van der Waals surface area contributed by atoms with E-state index in [0.29, 0.717) is 0 Å². The van der Waals surface area contributed by atoms with E-state index in [2.05, 4.69) is 0 Å². The highest BCUT2D eigenvalue weighted by atomic mass is 16.7. The maximum absolute atomic E-state index is 10.3. The molecule has 0 aromatic carbocycles. The van der Waals surface area contributed by atoms with E-state index in [1.165, 1.54) is 6.92 Å². The smallest absolute Gasteiger partial charge is 0.186 e. The van der Waals surface area contributed by atoms with Crippen LogP contribution in [0, 0.1) is 5.41 Å². The summed E-state index contributed by atoms with van der Waals surface area (Å²) in [5.74, 6) is 0. The van der Waals surface area contributed by atoms with E-state index in [0.717, 1.165) is 0 Å². The Kier molecular flexibility index (Phi) is 8.19. The van der Waals surface area contributed by atoms with E-state index < -0.39 is 61.7 Å². The average molecular weight is 368 g/mol. The molecule has 1 fully saturated rings. The monoisotopic (exact) mass is 368 g/mol. The summed E-state index contributed by atoms with van der Waals surface area (Å²) in [5.41, 5.74) is -0.348. The van der Waals surface area contributed by atoms with Crippen molar-refractivity contribution in [3.8, 4) is 0 Å². The molecule has 0 unspecified atom stereocenters. The SMILES string of the molecule is C[C@@H]1O[C@@H](O[C@@H](CC(C)(C)C)[C@@H](O)[C@H](O)[C@H](O)CO)[C@H](O)[C@H](O)[C@H]1O. The summed E-state index contributed by atoms with van der Waals surface area (Å²) in [5, 5.41) is 68.4. The molecule has 0 radical (unpaired) electrons. The van der Waals surface area contributed by atoms with Gasteiger partial charge < -0.3 is 45.2 Å². The second-order valence-corrected chi connectivity index (χ2v) is 7.85. The van der Waals surface area contributed by atoms with Gasteiger partial charge in [0, 0.05) is 0 Å². The Balaban J connectivity index is 2.93. The van der Waals surface area contributed by atoms with E-state index in [-0.39, 0.29) is 11.8 Å². The van der Waals surface area contributed by atoms with E-state index in [4.69, 9.17) is 14.6 Å². The number of rotatable bonds is 7. The maximum Gasteiger partial charge on any atom is 0.186 e. The minimum Gasteiger partial charge on any atom is -0.394 e. The van der Waals surface area contributed by atoms with Gasteiger partial charge in [-0.1, -0.05) is 20.8 Å². The van der Waals surface area contributed by atoms with Crippen LogP contribution in [0.4, 0.5) is 0 Å². The number of aliphatic hydroxyl groups excluding tert-OH is 7. The van der Waals surface area contributed by atoms with Crippen molar-refractivity contribution in [3.63, 3.8) is 0 Å². The van der Waals surface area contributed by atoms with Gasteiger partial charge in [-0.05, 0) is 18.8 Å². The van der Waals surface area contributed by atoms with Crippen LogP contribution in [0.1, 0.15) is 34.1 Å². The third-order valence-electron chi connectivity index (χ3n) is 4.24. The van der Waals surface area contributed by atoms with Crippen molar-refractivity contribution in [1.82, 2.24) is 0 Å².